The molecule has 0 radical (unpaired) electrons. The Bertz CT molecular complexity index is 469. The minimum absolute atomic E-state index is 0.00970. The Kier molecular flexibility index (Phi) is 4.33. The maximum Gasteiger partial charge on any atom is 0.253 e. The molecule has 0 saturated carbocycles. The summed E-state index contributed by atoms with van der Waals surface area (Å²) >= 11 is 0. The third kappa shape index (κ3) is 3.02. The molecule has 0 spiro atoms. The van der Waals surface area contributed by atoms with Crippen LogP contribution in [0.2, 0.25) is 0 Å². The van der Waals surface area contributed by atoms with Gasteiger partial charge in [0.15, 0.2) is 6.10 Å². The van der Waals surface area contributed by atoms with E-state index in [0.29, 0.717) is 19.2 Å². The van der Waals surface area contributed by atoms with Gasteiger partial charge >= 0.3 is 0 Å². The molecule has 1 amide bonds. The van der Waals surface area contributed by atoms with E-state index in [2.05, 4.69) is 16.7 Å². The van der Waals surface area contributed by atoms with Crippen molar-refractivity contribution in [2.75, 3.05) is 19.7 Å². The fourth-order valence-electron chi connectivity index (χ4n) is 3.03. The molecule has 3 rings (SSSR count). The molecule has 4 heteroatoms. The van der Waals surface area contributed by atoms with E-state index in [1.165, 1.54) is 18.4 Å². The zero-order valence-electron chi connectivity index (χ0n) is 11.7. The van der Waals surface area contributed by atoms with Crippen LogP contribution in [-0.4, -0.2) is 31.6 Å². The molecule has 2 aliphatic rings. The van der Waals surface area contributed by atoms with Gasteiger partial charge in [-0.3, -0.25) is 4.79 Å². The quantitative estimate of drug-likeness (QED) is 0.879. The van der Waals surface area contributed by atoms with E-state index in [1.54, 1.807) is 0 Å². The second kappa shape index (κ2) is 6.37. The summed E-state index contributed by atoms with van der Waals surface area (Å²) in [7, 11) is 0. The van der Waals surface area contributed by atoms with Gasteiger partial charge in [-0.25, -0.2) is 0 Å². The van der Waals surface area contributed by atoms with Crippen molar-refractivity contribution < 1.29 is 9.53 Å². The molecule has 0 aliphatic carbocycles. The van der Waals surface area contributed by atoms with Crippen LogP contribution < -0.4 is 10.6 Å². The number of carbonyl (C=O) groups excluding carboxylic acids is 1. The number of carbonyl (C=O) groups is 1. The normalized spacial score (nSPS) is 25.8. The van der Waals surface area contributed by atoms with E-state index in [0.717, 1.165) is 24.9 Å². The number of rotatable bonds is 3. The Morgan fingerprint density at radius 1 is 1.35 bits per heavy atom. The lowest BCUT2D eigenvalue weighted by molar-refractivity contribution is -0.134. The zero-order chi connectivity index (χ0) is 13.8. The summed E-state index contributed by atoms with van der Waals surface area (Å²) in [6.45, 7) is 2.38. The van der Waals surface area contributed by atoms with Crippen LogP contribution in [0, 0.1) is 0 Å². The first kappa shape index (κ1) is 13.6. The average Bonchev–Trinajstić information content (AvgIpc) is 2.53. The van der Waals surface area contributed by atoms with E-state index in [4.69, 9.17) is 4.74 Å². The highest BCUT2D eigenvalue weighted by Gasteiger charge is 2.27. The van der Waals surface area contributed by atoms with Crippen LogP contribution in [0.3, 0.4) is 0 Å². The Balaban J connectivity index is 1.60. The number of fused-ring (bicyclic) bond motifs is 1. The fourth-order valence-corrected chi connectivity index (χ4v) is 3.03. The van der Waals surface area contributed by atoms with Crippen LogP contribution in [0.4, 0.5) is 0 Å². The standard InChI is InChI=1S/C16H22N2O2/c19-16(18-11-13-6-3-4-9-17-13)15-14-7-2-1-5-12(14)8-10-20-15/h1-2,5,7,13,15,17H,3-4,6,8-11H2,(H,18,19). The summed E-state index contributed by atoms with van der Waals surface area (Å²) in [4.78, 5) is 12.3. The lowest BCUT2D eigenvalue weighted by atomic mass is 9.97. The van der Waals surface area contributed by atoms with E-state index in [9.17, 15) is 4.79 Å². The number of amides is 1. The molecule has 2 aliphatic heterocycles. The summed E-state index contributed by atoms with van der Waals surface area (Å²) in [5.74, 6) is -0.00970. The second-order valence-electron chi connectivity index (χ2n) is 5.59. The van der Waals surface area contributed by atoms with Gasteiger partial charge in [0.25, 0.3) is 5.91 Å². The molecule has 1 aromatic rings. The minimum Gasteiger partial charge on any atom is -0.363 e. The van der Waals surface area contributed by atoms with Crippen molar-refractivity contribution in [3.8, 4) is 0 Å². The monoisotopic (exact) mass is 274 g/mol. The first-order valence-electron chi connectivity index (χ1n) is 7.55. The third-order valence-electron chi connectivity index (χ3n) is 4.17. The summed E-state index contributed by atoms with van der Waals surface area (Å²) in [6.07, 6.45) is 4.08. The van der Waals surface area contributed by atoms with Gasteiger partial charge in [-0.05, 0) is 36.9 Å². The van der Waals surface area contributed by atoms with Crippen LogP contribution in [0.15, 0.2) is 24.3 Å². The summed E-state index contributed by atoms with van der Waals surface area (Å²) < 4.78 is 5.67. The van der Waals surface area contributed by atoms with Gasteiger partial charge in [0.05, 0.1) is 6.61 Å². The summed E-state index contributed by atoms with van der Waals surface area (Å²) in [5.41, 5.74) is 2.25. The van der Waals surface area contributed by atoms with E-state index >= 15 is 0 Å². The highest BCUT2D eigenvalue weighted by molar-refractivity contribution is 5.82. The van der Waals surface area contributed by atoms with Crippen LogP contribution in [0.25, 0.3) is 0 Å². The minimum atomic E-state index is -0.441. The van der Waals surface area contributed by atoms with Crippen LogP contribution in [-0.2, 0) is 16.0 Å². The molecule has 2 unspecified atom stereocenters. The maximum atomic E-state index is 12.3. The Labute approximate surface area is 119 Å². The number of nitrogens with one attached hydrogen (secondary N) is 2. The number of benzene rings is 1. The van der Waals surface area contributed by atoms with Gasteiger partial charge in [0.2, 0.25) is 0 Å². The predicted octanol–water partition coefficient (Wildman–Crippen LogP) is 1.56. The molecule has 0 aromatic heterocycles. The van der Waals surface area contributed by atoms with Crippen molar-refractivity contribution in [2.24, 2.45) is 0 Å². The van der Waals surface area contributed by atoms with Crippen molar-refractivity contribution in [3.63, 3.8) is 0 Å². The number of piperidine rings is 1. The Morgan fingerprint density at radius 2 is 2.25 bits per heavy atom. The van der Waals surface area contributed by atoms with Gasteiger partial charge < -0.3 is 15.4 Å². The van der Waals surface area contributed by atoms with E-state index < -0.39 is 6.10 Å². The van der Waals surface area contributed by atoms with E-state index in [1.807, 2.05) is 18.2 Å². The number of hydrogen-bond donors (Lipinski definition) is 2. The zero-order valence-corrected chi connectivity index (χ0v) is 11.7. The lowest BCUT2D eigenvalue weighted by Gasteiger charge is -2.27. The Hall–Kier alpha value is -1.39. The molecular formula is C16H22N2O2. The maximum absolute atomic E-state index is 12.3. The molecule has 1 fully saturated rings. The number of hydrogen-bond acceptors (Lipinski definition) is 3. The molecule has 2 atom stereocenters. The van der Waals surface area contributed by atoms with Crippen LogP contribution >= 0.6 is 0 Å². The topological polar surface area (TPSA) is 50.4 Å². The predicted molar refractivity (Wildman–Crippen MR) is 77.5 cm³/mol. The van der Waals surface area contributed by atoms with E-state index in [-0.39, 0.29) is 5.91 Å². The molecule has 1 saturated heterocycles. The highest BCUT2D eigenvalue weighted by atomic mass is 16.5. The molecule has 108 valence electrons. The van der Waals surface area contributed by atoms with Crippen molar-refractivity contribution in [2.45, 2.75) is 37.8 Å². The summed E-state index contributed by atoms with van der Waals surface area (Å²) in [6, 6.07) is 8.48. The highest BCUT2D eigenvalue weighted by Crippen LogP contribution is 2.26. The van der Waals surface area contributed by atoms with Crippen LogP contribution in [0.1, 0.15) is 36.5 Å². The molecule has 0 bridgehead atoms. The molecule has 1 aromatic carbocycles. The number of ether oxygens (including phenoxy) is 1. The second-order valence-corrected chi connectivity index (χ2v) is 5.59. The largest absolute Gasteiger partial charge is 0.363 e. The van der Waals surface area contributed by atoms with Crippen LogP contribution in [0.5, 0.6) is 0 Å². The van der Waals surface area contributed by atoms with Gasteiger partial charge in [-0.15, -0.1) is 0 Å². The molecule has 2 heterocycles. The molecule has 4 nitrogen and oxygen atoms in total. The van der Waals surface area contributed by atoms with Crippen molar-refractivity contribution in [1.29, 1.82) is 0 Å². The first-order valence-corrected chi connectivity index (χ1v) is 7.55. The third-order valence-corrected chi connectivity index (χ3v) is 4.17. The SMILES string of the molecule is O=C(NCC1CCCCN1)C1OCCc2ccccc21. The van der Waals surface area contributed by atoms with Crippen molar-refractivity contribution in [1.82, 2.24) is 10.6 Å². The van der Waals surface area contributed by atoms with Gasteiger partial charge in [-0.1, -0.05) is 30.7 Å². The van der Waals surface area contributed by atoms with Crippen molar-refractivity contribution in [3.05, 3.63) is 35.4 Å². The van der Waals surface area contributed by atoms with Gasteiger partial charge in [-0.2, -0.15) is 0 Å². The first-order chi connectivity index (χ1) is 9.84. The lowest BCUT2D eigenvalue weighted by Crippen LogP contribution is -2.45. The van der Waals surface area contributed by atoms with Gasteiger partial charge in [0, 0.05) is 12.6 Å². The average molecular weight is 274 g/mol. The van der Waals surface area contributed by atoms with Gasteiger partial charge in [0.1, 0.15) is 0 Å². The smallest absolute Gasteiger partial charge is 0.253 e. The van der Waals surface area contributed by atoms with Crippen molar-refractivity contribution >= 4 is 5.91 Å². The molecular weight excluding hydrogens is 252 g/mol. The summed E-state index contributed by atoms with van der Waals surface area (Å²) in [5, 5.41) is 6.48. The molecule has 20 heavy (non-hydrogen) atoms. The molecule has 2 N–H and O–H groups in total. The Morgan fingerprint density at radius 3 is 3.10 bits per heavy atom. The fraction of sp³-hybridized carbons (Fsp3) is 0.562.